The maximum atomic E-state index is 13.5. The second kappa shape index (κ2) is 14.5. The molecule has 232 valence electrons. The Balaban J connectivity index is 1.55. The number of carbonyl (C=O) groups excluding carboxylic acids is 3. The lowest BCUT2D eigenvalue weighted by Crippen LogP contribution is -2.44. The fraction of sp³-hybridized carbons (Fsp3) is 0.545. The van der Waals surface area contributed by atoms with Gasteiger partial charge in [-0.1, -0.05) is 37.6 Å². The molecule has 4 rings (SSSR count). The molecule has 1 fully saturated rings. The number of dihydropyridines is 1. The van der Waals surface area contributed by atoms with Gasteiger partial charge in [0.25, 0.3) is 11.8 Å². The van der Waals surface area contributed by atoms with Crippen LogP contribution in [-0.2, 0) is 9.53 Å². The first-order chi connectivity index (χ1) is 20.5. The lowest BCUT2D eigenvalue weighted by molar-refractivity contribution is -0.114. The van der Waals surface area contributed by atoms with E-state index >= 15 is 0 Å². The van der Waals surface area contributed by atoms with E-state index in [9.17, 15) is 14.4 Å². The first kappa shape index (κ1) is 32.0. The number of fused-ring (bicyclic) bond motifs is 3. The maximum Gasteiger partial charge on any atom is 0.410 e. The zero-order chi connectivity index (χ0) is 31.0. The van der Waals surface area contributed by atoms with Gasteiger partial charge in [0.2, 0.25) is 0 Å². The van der Waals surface area contributed by atoms with Crippen molar-refractivity contribution in [3.05, 3.63) is 60.2 Å². The summed E-state index contributed by atoms with van der Waals surface area (Å²) in [5.41, 5.74) is 1.82. The summed E-state index contributed by atoms with van der Waals surface area (Å²) in [5, 5.41) is 5.95. The average Bonchev–Trinajstić information content (AvgIpc) is 2.98. The SMILES string of the molecule is C=C/C1=C\N(C)CCCCCCNC(=O)C2=NCC(C3CCN(C(=O)OC(C)(C)C)CC3)C=C2NC(=O)c2cccc1n2. The number of rotatable bonds is 2. The summed E-state index contributed by atoms with van der Waals surface area (Å²) in [4.78, 5) is 52.5. The number of amides is 3. The van der Waals surface area contributed by atoms with Crippen molar-refractivity contribution in [1.82, 2.24) is 25.4 Å². The van der Waals surface area contributed by atoms with E-state index in [1.165, 1.54) is 0 Å². The number of aromatic nitrogens is 1. The van der Waals surface area contributed by atoms with Gasteiger partial charge in [0.15, 0.2) is 0 Å². The van der Waals surface area contributed by atoms with Crippen molar-refractivity contribution >= 4 is 29.2 Å². The minimum Gasteiger partial charge on any atom is -0.444 e. The molecule has 1 unspecified atom stereocenters. The van der Waals surface area contributed by atoms with Gasteiger partial charge >= 0.3 is 6.09 Å². The Kier molecular flexibility index (Phi) is 10.8. The fourth-order valence-electron chi connectivity index (χ4n) is 5.60. The van der Waals surface area contributed by atoms with Gasteiger partial charge in [0, 0.05) is 57.5 Å². The molecule has 0 aromatic carbocycles. The van der Waals surface area contributed by atoms with Gasteiger partial charge in [-0.05, 0) is 64.5 Å². The van der Waals surface area contributed by atoms with Crippen molar-refractivity contribution in [1.29, 1.82) is 0 Å². The highest BCUT2D eigenvalue weighted by atomic mass is 16.6. The first-order valence-electron chi connectivity index (χ1n) is 15.4. The minimum absolute atomic E-state index is 0.0237. The van der Waals surface area contributed by atoms with E-state index in [4.69, 9.17) is 4.74 Å². The van der Waals surface area contributed by atoms with Gasteiger partial charge < -0.3 is 25.2 Å². The Morgan fingerprint density at radius 2 is 1.77 bits per heavy atom. The zero-order valence-electron chi connectivity index (χ0n) is 26.0. The molecular weight excluding hydrogens is 544 g/mol. The van der Waals surface area contributed by atoms with Gasteiger partial charge in [0.1, 0.15) is 17.0 Å². The average molecular weight is 591 g/mol. The maximum absolute atomic E-state index is 13.5. The molecule has 10 nitrogen and oxygen atoms in total. The molecule has 4 heterocycles. The van der Waals surface area contributed by atoms with Crippen molar-refractivity contribution in [3.8, 4) is 0 Å². The van der Waals surface area contributed by atoms with E-state index in [1.807, 2.05) is 46.2 Å². The molecule has 0 radical (unpaired) electrons. The number of likely N-dealkylation sites (tertiary alicyclic amines) is 1. The van der Waals surface area contributed by atoms with E-state index in [-0.39, 0.29) is 35.2 Å². The predicted molar refractivity (Wildman–Crippen MR) is 168 cm³/mol. The van der Waals surface area contributed by atoms with Gasteiger partial charge in [-0.25, -0.2) is 9.78 Å². The van der Waals surface area contributed by atoms with Gasteiger partial charge in [-0.3, -0.25) is 14.6 Å². The van der Waals surface area contributed by atoms with Crippen molar-refractivity contribution in [2.75, 3.05) is 39.8 Å². The molecule has 2 N–H and O–H groups in total. The van der Waals surface area contributed by atoms with E-state index in [0.29, 0.717) is 37.6 Å². The third-order valence-electron chi connectivity index (χ3n) is 7.94. The molecule has 0 saturated carbocycles. The monoisotopic (exact) mass is 590 g/mol. The number of piperidine rings is 1. The largest absolute Gasteiger partial charge is 0.444 e. The van der Waals surface area contributed by atoms with Crippen LogP contribution in [0.1, 0.15) is 75.5 Å². The van der Waals surface area contributed by atoms with Crippen LogP contribution in [0.3, 0.4) is 0 Å². The van der Waals surface area contributed by atoms with E-state index in [0.717, 1.165) is 50.6 Å². The van der Waals surface area contributed by atoms with Gasteiger partial charge in [-0.15, -0.1) is 0 Å². The summed E-state index contributed by atoms with van der Waals surface area (Å²) in [6.07, 6.45) is 11.0. The van der Waals surface area contributed by atoms with Gasteiger partial charge in [0.05, 0.1) is 11.4 Å². The van der Waals surface area contributed by atoms with Crippen molar-refractivity contribution < 1.29 is 19.1 Å². The van der Waals surface area contributed by atoms with E-state index in [1.54, 1.807) is 23.1 Å². The van der Waals surface area contributed by atoms with Crippen LogP contribution in [-0.4, -0.2) is 83.8 Å². The summed E-state index contributed by atoms with van der Waals surface area (Å²) in [5.74, 6) is -0.421. The van der Waals surface area contributed by atoms with E-state index < -0.39 is 11.5 Å². The number of nitrogens with one attached hydrogen (secondary N) is 2. The molecule has 10 heteroatoms. The fourth-order valence-corrected chi connectivity index (χ4v) is 5.60. The molecular formula is C33H46N6O4. The van der Waals surface area contributed by atoms with Gasteiger partial charge in [-0.2, -0.15) is 0 Å². The molecule has 1 aromatic rings. The minimum atomic E-state index is -0.539. The van der Waals surface area contributed by atoms with Crippen LogP contribution in [0.5, 0.6) is 0 Å². The molecule has 0 spiro atoms. The number of hydrogen-bond donors (Lipinski definition) is 2. The number of nitrogens with zero attached hydrogens (tertiary/aromatic N) is 4. The Hall–Kier alpha value is -3.95. The molecule has 1 saturated heterocycles. The second-order valence-electron chi connectivity index (χ2n) is 12.5. The summed E-state index contributed by atoms with van der Waals surface area (Å²) >= 11 is 0. The highest BCUT2D eigenvalue weighted by Crippen LogP contribution is 2.30. The normalized spacial score (nSPS) is 22.8. The second-order valence-corrected chi connectivity index (χ2v) is 12.5. The molecule has 43 heavy (non-hydrogen) atoms. The smallest absolute Gasteiger partial charge is 0.410 e. The Morgan fingerprint density at radius 3 is 2.49 bits per heavy atom. The van der Waals surface area contributed by atoms with Crippen LogP contribution in [0.25, 0.3) is 5.57 Å². The number of ether oxygens (including phenoxy) is 1. The Morgan fingerprint density at radius 1 is 1.05 bits per heavy atom. The van der Waals surface area contributed by atoms with Crippen molar-refractivity contribution in [2.24, 2.45) is 16.8 Å². The lowest BCUT2D eigenvalue weighted by Gasteiger charge is -2.36. The quantitative estimate of drug-likeness (QED) is 0.522. The number of hydrogen-bond acceptors (Lipinski definition) is 7. The van der Waals surface area contributed by atoms with Crippen LogP contribution < -0.4 is 10.6 Å². The molecule has 3 aliphatic rings. The predicted octanol–water partition coefficient (Wildman–Crippen LogP) is 4.56. The molecule has 3 amide bonds. The van der Waals surface area contributed by atoms with Crippen LogP contribution in [0.15, 0.2) is 53.8 Å². The van der Waals surface area contributed by atoms with Crippen LogP contribution >= 0.6 is 0 Å². The Labute approximate surface area is 255 Å². The summed E-state index contributed by atoms with van der Waals surface area (Å²) in [6, 6.07) is 5.31. The number of aliphatic imine (C=N–C) groups is 1. The molecule has 1 aromatic heterocycles. The summed E-state index contributed by atoms with van der Waals surface area (Å²) < 4.78 is 5.54. The third-order valence-corrected chi connectivity index (χ3v) is 7.94. The van der Waals surface area contributed by atoms with E-state index in [2.05, 4.69) is 32.1 Å². The number of allylic oxidation sites excluding steroid dienone is 2. The van der Waals surface area contributed by atoms with Crippen LogP contribution in [0, 0.1) is 11.8 Å². The topological polar surface area (TPSA) is 116 Å². The first-order valence-corrected chi connectivity index (χ1v) is 15.4. The zero-order valence-corrected chi connectivity index (χ0v) is 26.0. The summed E-state index contributed by atoms with van der Waals surface area (Å²) in [6.45, 7) is 12.6. The van der Waals surface area contributed by atoms with Crippen LogP contribution in [0.2, 0.25) is 0 Å². The lowest BCUT2D eigenvalue weighted by atomic mass is 9.82. The van der Waals surface area contributed by atoms with Crippen molar-refractivity contribution in [2.45, 2.75) is 64.9 Å². The van der Waals surface area contributed by atoms with Crippen molar-refractivity contribution in [3.63, 3.8) is 0 Å². The number of carbonyl (C=O) groups is 3. The number of pyridine rings is 1. The standard InChI is InChI=1S/C33H46N6O4/c1-6-23-22-38(5)17-10-8-7-9-16-34-31(41)29-28(37-30(40)27-13-11-12-26(23)36-27)20-25(21-35-29)24-14-18-39(19-15-24)32(42)43-33(2,3)4/h6,11-13,20,22,24-25H,1,7-10,14-19,21H2,2-5H3,(H,34,41)(H,37,40)/b23-22+. The Bertz CT molecular complexity index is 1290. The molecule has 1 atom stereocenters. The molecule has 2 bridgehead atoms. The molecule has 0 aliphatic carbocycles. The highest BCUT2D eigenvalue weighted by molar-refractivity contribution is 6.45. The summed E-state index contributed by atoms with van der Waals surface area (Å²) in [7, 11) is 2.02. The molecule has 3 aliphatic heterocycles. The third kappa shape index (κ3) is 9.02. The van der Waals surface area contributed by atoms with Crippen LogP contribution in [0.4, 0.5) is 4.79 Å². The highest BCUT2D eigenvalue weighted by Gasteiger charge is 2.33.